The maximum absolute atomic E-state index is 11.9. The first kappa shape index (κ1) is 14.6. The lowest BCUT2D eigenvalue weighted by Crippen LogP contribution is -2.18. The van der Waals surface area contributed by atoms with E-state index in [0.29, 0.717) is 0 Å². The molecule has 102 valence electrons. The number of hydrogen-bond donors (Lipinski definition) is 2. The second kappa shape index (κ2) is 5.47. The maximum Gasteiger partial charge on any atom is 0.389 e. The summed E-state index contributed by atoms with van der Waals surface area (Å²) in [7, 11) is -3.89. The van der Waals surface area contributed by atoms with Crippen molar-refractivity contribution in [1.29, 1.82) is 0 Å². The normalized spacial score (nSPS) is 12.4. The number of para-hydroxylation sites is 2. The van der Waals surface area contributed by atoms with Gasteiger partial charge in [0.2, 0.25) is 10.0 Å². The van der Waals surface area contributed by atoms with Gasteiger partial charge in [-0.15, -0.1) is 0 Å². The van der Waals surface area contributed by atoms with Gasteiger partial charge in [-0.2, -0.15) is 13.2 Å². The predicted octanol–water partition coefficient (Wildman–Crippen LogP) is 2.48. The van der Waals surface area contributed by atoms with Gasteiger partial charge < -0.3 is 5.11 Å². The number of rotatable bonds is 5. The number of alkyl halides is 3. The summed E-state index contributed by atoms with van der Waals surface area (Å²) in [5.41, 5.74) is -0.0514. The molecule has 0 saturated carbocycles. The Morgan fingerprint density at radius 3 is 2.39 bits per heavy atom. The molecule has 1 rings (SSSR count). The van der Waals surface area contributed by atoms with Crippen LogP contribution in [0.15, 0.2) is 24.3 Å². The largest absolute Gasteiger partial charge is 0.506 e. The summed E-state index contributed by atoms with van der Waals surface area (Å²) in [6.45, 7) is 0. The van der Waals surface area contributed by atoms with Crippen molar-refractivity contribution in [1.82, 2.24) is 0 Å². The number of nitrogens with one attached hydrogen (secondary N) is 1. The minimum Gasteiger partial charge on any atom is -0.506 e. The van der Waals surface area contributed by atoms with E-state index in [1.165, 1.54) is 24.3 Å². The first-order valence-corrected chi connectivity index (χ1v) is 6.70. The Balaban J connectivity index is 2.58. The van der Waals surface area contributed by atoms with Crippen molar-refractivity contribution in [2.24, 2.45) is 0 Å². The molecule has 1 aromatic rings. The molecule has 0 atom stereocenters. The Bertz CT molecular complexity index is 499. The van der Waals surface area contributed by atoms with Gasteiger partial charge in [0.15, 0.2) is 0 Å². The molecule has 0 unspecified atom stereocenters. The van der Waals surface area contributed by atoms with Crippen LogP contribution in [0.1, 0.15) is 12.8 Å². The van der Waals surface area contributed by atoms with Crippen LogP contribution in [0.25, 0.3) is 0 Å². The molecule has 0 radical (unpaired) electrons. The molecule has 0 aliphatic heterocycles. The SMILES string of the molecule is O=S(=O)(CCCC(F)(F)F)Nc1ccccc1O. The molecule has 0 aliphatic rings. The van der Waals surface area contributed by atoms with Crippen molar-refractivity contribution in [3.8, 4) is 5.75 Å². The monoisotopic (exact) mass is 283 g/mol. The van der Waals surface area contributed by atoms with Crippen LogP contribution in [0, 0.1) is 0 Å². The van der Waals surface area contributed by atoms with Crippen molar-refractivity contribution in [3.05, 3.63) is 24.3 Å². The fraction of sp³-hybridized carbons (Fsp3) is 0.400. The van der Waals surface area contributed by atoms with Gasteiger partial charge in [0.25, 0.3) is 0 Å². The van der Waals surface area contributed by atoms with Gasteiger partial charge in [-0.1, -0.05) is 12.1 Å². The minimum atomic E-state index is -4.37. The second-order valence-corrected chi connectivity index (χ2v) is 5.50. The molecular formula is C10H12F3NO3S. The van der Waals surface area contributed by atoms with E-state index in [4.69, 9.17) is 0 Å². The van der Waals surface area contributed by atoms with Gasteiger partial charge in [0.1, 0.15) is 5.75 Å². The molecule has 0 spiro atoms. The molecule has 0 fully saturated rings. The van der Waals surface area contributed by atoms with E-state index in [9.17, 15) is 26.7 Å². The van der Waals surface area contributed by atoms with E-state index < -0.39 is 34.8 Å². The van der Waals surface area contributed by atoms with Gasteiger partial charge in [0, 0.05) is 6.42 Å². The van der Waals surface area contributed by atoms with Gasteiger partial charge in [-0.05, 0) is 18.6 Å². The Labute approximate surface area is 102 Å². The van der Waals surface area contributed by atoms with Gasteiger partial charge in [-0.3, -0.25) is 4.72 Å². The first-order valence-electron chi connectivity index (χ1n) is 5.05. The third-order valence-electron chi connectivity index (χ3n) is 2.04. The van der Waals surface area contributed by atoms with Crippen molar-refractivity contribution in [2.75, 3.05) is 10.5 Å². The molecule has 0 saturated heterocycles. The summed E-state index contributed by atoms with van der Waals surface area (Å²) in [5, 5.41) is 9.32. The summed E-state index contributed by atoms with van der Waals surface area (Å²) >= 11 is 0. The topological polar surface area (TPSA) is 66.4 Å². The van der Waals surface area contributed by atoms with Crippen LogP contribution in [0.5, 0.6) is 5.75 Å². The van der Waals surface area contributed by atoms with Crippen molar-refractivity contribution in [2.45, 2.75) is 19.0 Å². The van der Waals surface area contributed by atoms with Crippen molar-refractivity contribution < 1.29 is 26.7 Å². The predicted molar refractivity (Wildman–Crippen MR) is 60.8 cm³/mol. The highest BCUT2D eigenvalue weighted by molar-refractivity contribution is 7.92. The Morgan fingerprint density at radius 1 is 1.22 bits per heavy atom. The van der Waals surface area contributed by atoms with E-state index in [1.54, 1.807) is 0 Å². The zero-order valence-corrected chi connectivity index (χ0v) is 10.1. The molecule has 8 heteroatoms. The van der Waals surface area contributed by atoms with Crippen molar-refractivity contribution in [3.63, 3.8) is 0 Å². The summed E-state index contributed by atoms with van der Waals surface area (Å²) in [4.78, 5) is 0. The van der Waals surface area contributed by atoms with E-state index in [2.05, 4.69) is 0 Å². The third-order valence-corrected chi connectivity index (χ3v) is 3.40. The lowest BCUT2D eigenvalue weighted by atomic mass is 10.3. The van der Waals surface area contributed by atoms with Crippen LogP contribution in [-0.2, 0) is 10.0 Å². The van der Waals surface area contributed by atoms with E-state index in [0.717, 1.165) is 0 Å². The molecular weight excluding hydrogens is 271 g/mol. The summed E-state index contributed by atoms with van der Waals surface area (Å²) < 4.78 is 60.5. The number of halogens is 3. The number of hydrogen-bond acceptors (Lipinski definition) is 3. The molecule has 1 aromatic carbocycles. The molecule has 0 amide bonds. The Hall–Kier alpha value is -1.44. The molecule has 0 heterocycles. The first-order chi connectivity index (χ1) is 8.20. The zero-order valence-electron chi connectivity index (χ0n) is 9.24. The highest BCUT2D eigenvalue weighted by atomic mass is 32.2. The fourth-order valence-electron chi connectivity index (χ4n) is 1.24. The Kier molecular flexibility index (Phi) is 4.44. The number of phenolic OH excluding ortho intramolecular Hbond substituents is 1. The molecule has 4 nitrogen and oxygen atoms in total. The van der Waals surface area contributed by atoms with Crippen LogP contribution >= 0.6 is 0 Å². The average molecular weight is 283 g/mol. The summed E-state index contributed by atoms with van der Waals surface area (Å²) in [6.07, 6.45) is -6.05. The van der Waals surface area contributed by atoms with Crippen LogP contribution in [-0.4, -0.2) is 25.5 Å². The number of phenols is 1. The highest BCUT2D eigenvalue weighted by Gasteiger charge is 2.27. The van der Waals surface area contributed by atoms with Gasteiger partial charge >= 0.3 is 6.18 Å². The molecule has 2 N–H and O–H groups in total. The highest BCUT2D eigenvalue weighted by Crippen LogP contribution is 2.24. The second-order valence-electron chi connectivity index (χ2n) is 3.66. The fourth-order valence-corrected chi connectivity index (χ4v) is 2.38. The average Bonchev–Trinajstić information content (AvgIpc) is 2.18. The quantitative estimate of drug-likeness (QED) is 0.816. The lowest BCUT2D eigenvalue weighted by Gasteiger charge is -2.10. The van der Waals surface area contributed by atoms with Gasteiger partial charge in [-0.25, -0.2) is 8.42 Å². The number of benzene rings is 1. The molecule has 0 aromatic heterocycles. The van der Waals surface area contributed by atoms with Crippen molar-refractivity contribution >= 4 is 15.7 Å². The summed E-state index contributed by atoms with van der Waals surface area (Å²) in [6, 6.07) is 5.58. The molecule has 0 bridgehead atoms. The molecule has 18 heavy (non-hydrogen) atoms. The van der Waals surface area contributed by atoms with E-state index in [-0.39, 0.29) is 11.4 Å². The minimum absolute atomic E-state index is 0.0514. The van der Waals surface area contributed by atoms with Crippen LogP contribution in [0.2, 0.25) is 0 Å². The summed E-state index contributed by atoms with van der Waals surface area (Å²) in [5.74, 6) is -0.933. The maximum atomic E-state index is 11.9. The third kappa shape index (κ3) is 5.26. The lowest BCUT2D eigenvalue weighted by molar-refractivity contribution is -0.134. The van der Waals surface area contributed by atoms with Crippen LogP contribution in [0.3, 0.4) is 0 Å². The zero-order chi connectivity index (χ0) is 13.8. The van der Waals surface area contributed by atoms with Gasteiger partial charge in [0.05, 0.1) is 11.4 Å². The number of aromatic hydroxyl groups is 1. The smallest absolute Gasteiger partial charge is 0.389 e. The molecule has 0 aliphatic carbocycles. The standard InChI is InChI=1S/C10H12F3NO3S/c11-10(12,13)6-3-7-18(16,17)14-8-4-1-2-5-9(8)15/h1-2,4-5,14-15H,3,6-7H2. The number of anilines is 1. The Morgan fingerprint density at radius 2 is 1.83 bits per heavy atom. The number of sulfonamides is 1. The van der Waals surface area contributed by atoms with E-state index in [1.807, 2.05) is 4.72 Å². The van der Waals surface area contributed by atoms with Crippen LogP contribution < -0.4 is 4.72 Å². The van der Waals surface area contributed by atoms with Crippen LogP contribution in [0.4, 0.5) is 18.9 Å². The van der Waals surface area contributed by atoms with E-state index >= 15 is 0 Å².